The summed E-state index contributed by atoms with van der Waals surface area (Å²) in [5, 5.41) is 0. The summed E-state index contributed by atoms with van der Waals surface area (Å²) in [6.45, 7) is 5.22. The van der Waals surface area contributed by atoms with Crippen molar-refractivity contribution in [2.75, 3.05) is 7.11 Å². The summed E-state index contributed by atoms with van der Waals surface area (Å²) in [6, 6.07) is 8.42. The lowest BCUT2D eigenvalue weighted by atomic mass is 10.2. The lowest BCUT2D eigenvalue weighted by molar-refractivity contribution is -0.135. The van der Waals surface area contributed by atoms with E-state index in [1.807, 2.05) is 43.1 Å². The summed E-state index contributed by atoms with van der Waals surface area (Å²) >= 11 is 0. The second-order valence-corrected chi connectivity index (χ2v) is 6.67. The zero-order chi connectivity index (χ0) is 17.1. The Morgan fingerprint density at radius 2 is 2.21 bits per heavy atom. The first-order valence-corrected chi connectivity index (χ1v) is 8.52. The predicted molar refractivity (Wildman–Crippen MR) is 92.7 cm³/mol. The van der Waals surface area contributed by atoms with E-state index in [9.17, 15) is 4.79 Å². The minimum Gasteiger partial charge on any atom is -0.497 e. The van der Waals surface area contributed by atoms with Crippen molar-refractivity contribution in [3.05, 3.63) is 48.0 Å². The number of hydrogen-bond acceptors (Lipinski definition) is 3. The molecule has 1 fully saturated rings. The highest BCUT2D eigenvalue weighted by molar-refractivity contribution is 5.78. The van der Waals surface area contributed by atoms with Crippen LogP contribution in [0.25, 0.3) is 0 Å². The maximum Gasteiger partial charge on any atom is 0.225 e. The summed E-state index contributed by atoms with van der Waals surface area (Å²) < 4.78 is 7.40. The van der Waals surface area contributed by atoms with Crippen LogP contribution in [0.15, 0.2) is 36.7 Å². The lowest BCUT2D eigenvalue weighted by Gasteiger charge is -2.24. The molecule has 2 aromatic rings. The number of aromatic nitrogens is 2. The third-order valence-electron chi connectivity index (χ3n) is 4.37. The Kier molecular flexibility index (Phi) is 4.88. The molecule has 3 rings (SSSR count). The van der Waals surface area contributed by atoms with Gasteiger partial charge in [-0.25, -0.2) is 4.98 Å². The maximum atomic E-state index is 12.5. The lowest BCUT2D eigenvalue weighted by Crippen LogP contribution is -2.36. The number of benzene rings is 1. The van der Waals surface area contributed by atoms with Crippen LogP contribution in [0.1, 0.15) is 38.1 Å². The van der Waals surface area contributed by atoms with Gasteiger partial charge in [0.2, 0.25) is 5.91 Å². The Morgan fingerprint density at radius 1 is 1.42 bits per heavy atom. The van der Waals surface area contributed by atoms with Gasteiger partial charge in [-0.15, -0.1) is 0 Å². The van der Waals surface area contributed by atoms with Crippen LogP contribution in [0.2, 0.25) is 0 Å². The van der Waals surface area contributed by atoms with E-state index in [2.05, 4.69) is 15.6 Å². The van der Waals surface area contributed by atoms with Crippen molar-refractivity contribution in [2.24, 2.45) is 5.92 Å². The standard InChI is InChI=1S/C19H25N3O2/c1-14(2)19(23)22(16-7-8-16)13-18-20-9-10-21(18)12-15-5-4-6-17(11-15)24-3/h4-6,9-11,14,16H,7-8,12-13H2,1-3H3. The summed E-state index contributed by atoms with van der Waals surface area (Å²) in [7, 11) is 1.67. The van der Waals surface area contributed by atoms with E-state index in [0.29, 0.717) is 12.6 Å². The first-order chi connectivity index (χ1) is 11.6. The molecule has 5 heteroatoms. The van der Waals surface area contributed by atoms with Gasteiger partial charge in [0, 0.05) is 30.9 Å². The van der Waals surface area contributed by atoms with Crippen LogP contribution >= 0.6 is 0 Å². The largest absolute Gasteiger partial charge is 0.497 e. The average Bonchev–Trinajstić information content (AvgIpc) is 3.33. The van der Waals surface area contributed by atoms with E-state index in [1.165, 1.54) is 0 Å². The van der Waals surface area contributed by atoms with Crippen LogP contribution < -0.4 is 4.74 Å². The quantitative estimate of drug-likeness (QED) is 0.785. The van der Waals surface area contributed by atoms with Crippen molar-refractivity contribution in [1.82, 2.24) is 14.5 Å². The number of nitrogens with zero attached hydrogens (tertiary/aromatic N) is 3. The number of amides is 1. The van der Waals surface area contributed by atoms with Crippen LogP contribution in [-0.4, -0.2) is 33.5 Å². The van der Waals surface area contributed by atoms with Gasteiger partial charge in [0.05, 0.1) is 13.7 Å². The fourth-order valence-corrected chi connectivity index (χ4v) is 2.86. The molecule has 0 radical (unpaired) electrons. The van der Waals surface area contributed by atoms with Gasteiger partial charge in [0.15, 0.2) is 0 Å². The zero-order valence-corrected chi connectivity index (χ0v) is 14.6. The van der Waals surface area contributed by atoms with Crippen molar-refractivity contribution in [3.8, 4) is 5.75 Å². The van der Waals surface area contributed by atoms with E-state index in [-0.39, 0.29) is 11.8 Å². The van der Waals surface area contributed by atoms with Crippen LogP contribution in [0.4, 0.5) is 0 Å². The summed E-state index contributed by atoms with van der Waals surface area (Å²) in [6.07, 6.45) is 5.99. The number of hydrogen-bond donors (Lipinski definition) is 0. The summed E-state index contributed by atoms with van der Waals surface area (Å²) in [5.74, 6) is 2.02. The summed E-state index contributed by atoms with van der Waals surface area (Å²) in [5.41, 5.74) is 1.15. The minimum atomic E-state index is 0.0207. The molecule has 1 aromatic heterocycles. The normalized spacial score (nSPS) is 14.0. The molecule has 1 amide bonds. The molecule has 0 N–H and O–H groups in total. The van der Waals surface area contributed by atoms with E-state index in [4.69, 9.17) is 4.74 Å². The molecule has 128 valence electrons. The van der Waals surface area contributed by atoms with Gasteiger partial charge >= 0.3 is 0 Å². The molecule has 1 aromatic carbocycles. The molecule has 0 saturated heterocycles. The van der Waals surface area contributed by atoms with Crippen molar-refractivity contribution in [2.45, 2.75) is 45.8 Å². The van der Waals surface area contributed by atoms with Crippen molar-refractivity contribution in [3.63, 3.8) is 0 Å². The first kappa shape index (κ1) is 16.6. The van der Waals surface area contributed by atoms with Gasteiger partial charge in [-0.1, -0.05) is 26.0 Å². The number of imidazole rings is 1. The van der Waals surface area contributed by atoms with E-state index in [0.717, 1.165) is 36.5 Å². The third-order valence-corrected chi connectivity index (χ3v) is 4.37. The van der Waals surface area contributed by atoms with Gasteiger partial charge < -0.3 is 14.2 Å². The van der Waals surface area contributed by atoms with Crippen LogP contribution in [0.5, 0.6) is 5.75 Å². The smallest absolute Gasteiger partial charge is 0.225 e. The highest BCUT2D eigenvalue weighted by atomic mass is 16.5. The number of methoxy groups -OCH3 is 1. The topological polar surface area (TPSA) is 47.4 Å². The van der Waals surface area contributed by atoms with Gasteiger partial charge in [0.1, 0.15) is 11.6 Å². The highest BCUT2D eigenvalue weighted by Crippen LogP contribution is 2.29. The fraction of sp³-hybridized carbons (Fsp3) is 0.474. The SMILES string of the molecule is COc1cccc(Cn2ccnc2CN(C(=O)C(C)C)C2CC2)c1. The Bertz CT molecular complexity index is 704. The molecule has 0 spiro atoms. The molecule has 1 aliphatic carbocycles. The molecule has 24 heavy (non-hydrogen) atoms. The second-order valence-electron chi connectivity index (χ2n) is 6.67. The van der Waals surface area contributed by atoms with Crippen LogP contribution in [-0.2, 0) is 17.9 Å². The Labute approximate surface area is 143 Å². The molecule has 0 aliphatic heterocycles. The van der Waals surface area contributed by atoms with Crippen LogP contribution in [0, 0.1) is 5.92 Å². The Hall–Kier alpha value is -2.30. The monoisotopic (exact) mass is 327 g/mol. The average molecular weight is 327 g/mol. The van der Waals surface area contributed by atoms with E-state index < -0.39 is 0 Å². The molecular weight excluding hydrogens is 302 g/mol. The Morgan fingerprint density at radius 3 is 2.88 bits per heavy atom. The van der Waals surface area contributed by atoms with E-state index in [1.54, 1.807) is 13.3 Å². The van der Waals surface area contributed by atoms with Gasteiger partial charge in [0.25, 0.3) is 0 Å². The summed E-state index contributed by atoms with van der Waals surface area (Å²) in [4.78, 5) is 19.0. The zero-order valence-electron chi connectivity index (χ0n) is 14.6. The fourth-order valence-electron chi connectivity index (χ4n) is 2.86. The van der Waals surface area contributed by atoms with Gasteiger partial charge in [-0.3, -0.25) is 4.79 Å². The highest BCUT2D eigenvalue weighted by Gasteiger charge is 2.34. The molecule has 0 atom stereocenters. The maximum absolute atomic E-state index is 12.5. The van der Waals surface area contributed by atoms with E-state index >= 15 is 0 Å². The minimum absolute atomic E-state index is 0.0207. The molecule has 0 bridgehead atoms. The van der Waals surface area contributed by atoms with Gasteiger partial charge in [-0.2, -0.15) is 0 Å². The first-order valence-electron chi connectivity index (χ1n) is 8.52. The predicted octanol–water partition coefficient (Wildman–Crippen LogP) is 3.09. The molecule has 5 nitrogen and oxygen atoms in total. The third kappa shape index (κ3) is 3.78. The van der Waals surface area contributed by atoms with Crippen molar-refractivity contribution < 1.29 is 9.53 Å². The van der Waals surface area contributed by atoms with Gasteiger partial charge in [-0.05, 0) is 30.5 Å². The number of carbonyl (C=O) groups is 1. The number of rotatable bonds is 7. The molecular formula is C19H25N3O2. The van der Waals surface area contributed by atoms with Crippen LogP contribution in [0.3, 0.4) is 0 Å². The van der Waals surface area contributed by atoms with Crippen molar-refractivity contribution in [1.29, 1.82) is 0 Å². The van der Waals surface area contributed by atoms with Crippen molar-refractivity contribution >= 4 is 5.91 Å². The molecule has 0 unspecified atom stereocenters. The number of ether oxygens (including phenoxy) is 1. The molecule has 1 saturated carbocycles. The molecule has 1 aliphatic rings. The second kappa shape index (κ2) is 7.07. The Balaban J connectivity index is 1.75. The number of carbonyl (C=O) groups excluding carboxylic acids is 1. The molecule has 1 heterocycles.